The van der Waals surface area contributed by atoms with E-state index in [1.54, 1.807) is 26.1 Å². The van der Waals surface area contributed by atoms with Crippen LogP contribution in [0.2, 0.25) is 0 Å². The van der Waals surface area contributed by atoms with E-state index in [-0.39, 0.29) is 11.7 Å². The minimum atomic E-state index is -0.466. The second-order valence-electron chi connectivity index (χ2n) is 2.82. The van der Waals surface area contributed by atoms with Crippen LogP contribution in [0.1, 0.15) is 17.5 Å². The van der Waals surface area contributed by atoms with Crippen molar-refractivity contribution in [3.05, 3.63) is 22.6 Å². The topological polar surface area (TPSA) is 57.2 Å². The van der Waals surface area contributed by atoms with Crippen LogP contribution in [0.5, 0.6) is 0 Å². The number of rotatable bonds is 2. The van der Waals surface area contributed by atoms with E-state index in [1.165, 1.54) is 4.90 Å². The molecule has 0 saturated heterocycles. The minimum Gasteiger partial charge on any atom is -0.444 e. The maximum atomic E-state index is 11.6. The summed E-state index contributed by atoms with van der Waals surface area (Å²) in [5.74, 6) is -0.0776. The number of furan rings is 1. The van der Waals surface area contributed by atoms with Crippen LogP contribution < -0.4 is 0 Å². The molecule has 1 rings (SSSR count). The molecule has 14 heavy (non-hydrogen) atoms. The van der Waals surface area contributed by atoms with Gasteiger partial charge in [-0.15, -0.1) is 0 Å². The zero-order valence-electron chi connectivity index (χ0n) is 7.82. The summed E-state index contributed by atoms with van der Waals surface area (Å²) < 4.78 is 5.58. The summed E-state index contributed by atoms with van der Waals surface area (Å²) in [6, 6.07) is 4.71. The molecular formula is C9H9BrN2O2. The molecule has 0 N–H and O–H groups in total. The number of nitrogens with zero attached hydrogens (tertiary/aromatic N) is 2. The Kier molecular flexibility index (Phi) is 3.31. The van der Waals surface area contributed by atoms with E-state index in [1.807, 2.05) is 6.07 Å². The number of carbonyl (C=O) groups excluding carboxylic acids is 1. The van der Waals surface area contributed by atoms with Gasteiger partial charge in [-0.2, -0.15) is 5.26 Å². The normalized spacial score (nSPS) is 11.9. The molecule has 1 atom stereocenters. The summed E-state index contributed by atoms with van der Waals surface area (Å²) in [5, 5.41) is 8.62. The Morgan fingerprint density at radius 1 is 1.71 bits per heavy atom. The molecule has 1 aromatic rings. The van der Waals surface area contributed by atoms with E-state index in [2.05, 4.69) is 15.9 Å². The largest absolute Gasteiger partial charge is 0.444 e. The molecule has 0 bridgehead atoms. The summed E-state index contributed by atoms with van der Waals surface area (Å²) in [6.45, 7) is 1.65. The van der Waals surface area contributed by atoms with Crippen LogP contribution in [0.25, 0.3) is 0 Å². The van der Waals surface area contributed by atoms with Crippen LogP contribution in [0.3, 0.4) is 0 Å². The van der Waals surface area contributed by atoms with Crippen LogP contribution in [0.4, 0.5) is 0 Å². The van der Waals surface area contributed by atoms with Crippen molar-refractivity contribution >= 4 is 21.8 Å². The second kappa shape index (κ2) is 4.29. The first-order valence-corrected chi connectivity index (χ1v) is 4.77. The highest BCUT2D eigenvalue weighted by Gasteiger charge is 2.19. The van der Waals surface area contributed by atoms with E-state index < -0.39 is 6.04 Å². The Morgan fingerprint density at radius 3 is 2.79 bits per heavy atom. The van der Waals surface area contributed by atoms with E-state index in [0.29, 0.717) is 4.67 Å². The van der Waals surface area contributed by atoms with Gasteiger partial charge in [-0.3, -0.25) is 4.79 Å². The average Bonchev–Trinajstić information content (AvgIpc) is 2.61. The van der Waals surface area contributed by atoms with Gasteiger partial charge >= 0.3 is 0 Å². The molecule has 1 heterocycles. The third kappa shape index (κ3) is 2.15. The van der Waals surface area contributed by atoms with Crippen molar-refractivity contribution in [3.8, 4) is 6.07 Å². The molecule has 4 nitrogen and oxygen atoms in total. The molecule has 1 amide bonds. The van der Waals surface area contributed by atoms with Gasteiger partial charge in [-0.25, -0.2) is 0 Å². The lowest BCUT2D eigenvalue weighted by atomic mass is 10.3. The zero-order chi connectivity index (χ0) is 10.7. The predicted molar refractivity (Wildman–Crippen MR) is 53.6 cm³/mol. The average molecular weight is 257 g/mol. The zero-order valence-corrected chi connectivity index (χ0v) is 9.41. The molecule has 0 aliphatic heterocycles. The maximum Gasteiger partial charge on any atom is 0.290 e. The minimum absolute atomic E-state index is 0.224. The molecule has 0 aromatic carbocycles. The molecule has 0 aliphatic rings. The molecule has 74 valence electrons. The maximum absolute atomic E-state index is 11.6. The fourth-order valence-corrected chi connectivity index (χ4v) is 1.17. The summed E-state index contributed by atoms with van der Waals surface area (Å²) >= 11 is 3.10. The van der Waals surface area contributed by atoms with E-state index in [0.717, 1.165) is 0 Å². The van der Waals surface area contributed by atoms with E-state index >= 15 is 0 Å². The number of amides is 1. The van der Waals surface area contributed by atoms with Gasteiger partial charge in [0.25, 0.3) is 5.91 Å². The number of hydrogen-bond donors (Lipinski definition) is 0. The van der Waals surface area contributed by atoms with Gasteiger partial charge < -0.3 is 9.32 Å². The smallest absolute Gasteiger partial charge is 0.290 e. The molecule has 1 unspecified atom stereocenters. The monoisotopic (exact) mass is 256 g/mol. The van der Waals surface area contributed by atoms with Gasteiger partial charge in [0, 0.05) is 7.05 Å². The standard InChI is InChI=1S/C9H9BrN2O2/c1-6(5-11)12(2)9(13)7-3-4-8(10)14-7/h3-4,6H,1-2H3. The highest BCUT2D eigenvalue weighted by molar-refractivity contribution is 9.10. The summed E-state index contributed by atoms with van der Waals surface area (Å²) in [4.78, 5) is 12.9. The van der Waals surface area contributed by atoms with E-state index in [4.69, 9.17) is 9.68 Å². The number of hydrogen-bond acceptors (Lipinski definition) is 3. The SMILES string of the molecule is CC(C#N)N(C)C(=O)c1ccc(Br)o1. The third-order valence-corrected chi connectivity index (χ3v) is 2.30. The summed E-state index contributed by atoms with van der Waals surface area (Å²) in [5.41, 5.74) is 0. The Hall–Kier alpha value is -1.28. The predicted octanol–water partition coefficient (Wildman–Crippen LogP) is 2.03. The third-order valence-electron chi connectivity index (χ3n) is 1.87. The Bertz CT molecular complexity index is 380. The first kappa shape index (κ1) is 10.8. The first-order chi connectivity index (χ1) is 6.56. The number of halogens is 1. The Morgan fingerprint density at radius 2 is 2.36 bits per heavy atom. The van der Waals surface area contributed by atoms with Crippen LogP contribution in [0, 0.1) is 11.3 Å². The Labute approximate surface area is 90.2 Å². The number of nitriles is 1. The molecule has 0 radical (unpaired) electrons. The van der Waals surface area contributed by atoms with Crippen molar-refractivity contribution in [1.29, 1.82) is 5.26 Å². The molecule has 0 saturated carbocycles. The molecule has 0 aliphatic carbocycles. The molecule has 0 spiro atoms. The lowest BCUT2D eigenvalue weighted by Gasteiger charge is -2.17. The molecule has 5 heteroatoms. The van der Waals surface area contributed by atoms with Gasteiger partial charge in [-0.1, -0.05) is 0 Å². The van der Waals surface area contributed by atoms with Crippen molar-refractivity contribution in [3.63, 3.8) is 0 Å². The van der Waals surface area contributed by atoms with Gasteiger partial charge in [0.1, 0.15) is 6.04 Å². The summed E-state index contributed by atoms with van der Waals surface area (Å²) in [7, 11) is 1.56. The summed E-state index contributed by atoms with van der Waals surface area (Å²) in [6.07, 6.45) is 0. The van der Waals surface area contributed by atoms with Crippen molar-refractivity contribution in [2.45, 2.75) is 13.0 Å². The van der Waals surface area contributed by atoms with Gasteiger partial charge in [0.15, 0.2) is 10.4 Å². The molecule has 1 aromatic heterocycles. The molecule has 0 fully saturated rings. The van der Waals surface area contributed by atoms with Crippen LogP contribution in [0.15, 0.2) is 21.2 Å². The fraction of sp³-hybridized carbons (Fsp3) is 0.333. The van der Waals surface area contributed by atoms with Crippen molar-refractivity contribution in [2.24, 2.45) is 0 Å². The second-order valence-corrected chi connectivity index (χ2v) is 3.61. The van der Waals surface area contributed by atoms with Crippen molar-refractivity contribution in [2.75, 3.05) is 7.05 Å². The van der Waals surface area contributed by atoms with Gasteiger partial charge in [0.2, 0.25) is 0 Å². The van der Waals surface area contributed by atoms with Gasteiger partial charge in [-0.05, 0) is 35.0 Å². The lowest BCUT2D eigenvalue weighted by molar-refractivity contribution is 0.0740. The van der Waals surface area contributed by atoms with Gasteiger partial charge in [0.05, 0.1) is 6.07 Å². The Balaban J connectivity index is 2.81. The van der Waals surface area contributed by atoms with Crippen molar-refractivity contribution in [1.82, 2.24) is 4.90 Å². The highest BCUT2D eigenvalue weighted by Crippen LogP contribution is 2.15. The van der Waals surface area contributed by atoms with E-state index in [9.17, 15) is 4.79 Å². The fourth-order valence-electron chi connectivity index (χ4n) is 0.866. The molecular weight excluding hydrogens is 248 g/mol. The first-order valence-electron chi connectivity index (χ1n) is 3.98. The van der Waals surface area contributed by atoms with Crippen LogP contribution in [-0.4, -0.2) is 23.9 Å². The van der Waals surface area contributed by atoms with Crippen molar-refractivity contribution < 1.29 is 9.21 Å². The van der Waals surface area contributed by atoms with Crippen LogP contribution in [-0.2, 0) is 0 Å². The quantitative estimate of drug-likeness (QED) is 0.814. The lowest BCUT2D eigenvalue weighted by Crippen LogP contribution is -2.33. The highest BCUT2D eigenvalue weighted by atomic mass is 79.9. The van der Waals surface area contributed by atoms with Crippen LogP contribution >= 0.6 is 15.9 Å². The number of carbonyl (C=O) groups is 1.